The van der Waals surface area contributed by atoms with Gasteiger partial charge in [0.25, 0.3) is 0 Å². The molecule has 4 rings (SSSR count). The molecule has 3 nitrogen and oxygen atoms in total. The minimum atomic E-state index is 0.0699. The summed E-state index contributed by atoms with van der Waals surface area (Å²) in [6, 6.07) is 20.5. The second-order valence-electron chi connectivity index (χ2n) is 7.51. The zero-order valence-corrected chi connectivity index (χ0v) is 16.6. The van der Waals surface area contributed by atoms with Crippen molar-refractivity contribution in [1.82, 2.24) is 0 Å². The zero-order valence-electron chi connectivity index (χ0n) is 16.6. The number of hydrogen-bond acceptors (Lipinski definition) is 3. The molecule has 140 valence electrons. The van der Waals surface area contributed by atoms with Gasteiger partial charge in [0, 0.05) is 30.6 Å². The van der Waals surface area contributed by atoms with E-state index in [9.17, 15) is 4.79 Å². The smallest absolute Gasteiger partial charge is 0.159 e. The number of nitrogens with zero attached hydrogens (tertiary/aromatic N) is 2. The zero-order chi connectivity index (χ0) is 19.7. The molecule has 0 bridgehead atoms. The first-order valence-corrected chi connectivity index (χ1v) is 9.59. The van der Waals surface area contributed by atoms with Crippen molar-refractivity contribution in [2.45, 2.75) is 33.9 Å². The first-order valence-electron chi connectivity index (χ1n) is 9.59. The molecule has 1 aliphatic heterocycles. The van der Waals surface area contributed by atoms with Crippen LogP contribution in [-0.4, -0.2) is 12.0 Å². The number of benzene rings is 3. The molecule has 0 fully saturated rings. The van der Waals surface area contributed by atoms with Crippen LogP contribution in [0.15, 0.2) is 65.7 Å². The third-order valence-electron chi connectivity index (χ3n) is 5.43. The number of hydrogen-bond donors (Lipinski definition) is 0. The summed E-state index contributed by atoms with van der Waals surface area (Å²) < 4.78 is 0. The summed E-state index contributed by atoms with van der Waals surface area (Å²) in [6.45, 7) is 7.86. The monoisotopic (exact) mass is 368 g/mol. The summed E-state index contributed by atoms with van der Waals surface area (Å²) in [5.41, 5.74) is 9.44. The number of carbonyl (C=O) groups excluding carboxylic acids is 1. The van der Waals surface area contributed by atoms with Gasteiger partial charge in [0.2, 0.25) is 0 Å². The number of aryl methyl sites for hydroxylation is 2. The second-order valence-corrected chi connectivity index (χ2v) is 7.51. The molecule has 3 heteroatoms. The predicted octanol–water partition coefficient (Wildman–Crippen LogP) is 5.78. The van der Waals surface area contributed by atoms with Crippen LogP contribution in [0, 0.1) is 13.8 Å². The largest absolute Gasteiger partial charge is 0.363 e. The highest BCUT2D eigenvalue weighted by molar-refractivity contribution is 5.94. The van der Waals surface area contributed by atoms with E-state index in [0.29, 0.717) is 5.56 Å². The Bertz CT molecular complexity index is 1020. The molecule has 0 aromatic heterocycles. The maximum absolute atomic E-state index is 11.3. The molecule has 1 aliphatic rings. The summed E-state index contributed by atoms with van der Waals surface area (Å²) >= 11 is 0. The van der Waals surface area contributed by atoms with Crippen molar-refractivity contribution in [3.05, 3.63) is 94.0 Å². The number of rotatable bonds is 4. The highest BCUT2D eigenvalue weighted by Gasteiger charge is 2.19. The van der Waals surface area contributed by atoms with Gasteiger partial charge in [0.15, 0.2) is 5.78 Å². The molecule has 0 N–H and O–H groups in total. The normalized spacial score (nSPS) is 13.2. The maximum atomic E-state index is 11.3. The molecule has 0 spiro atoms. The molecule has 28 heavy (non-hydrogen) atoms. The average Bonchev–Trinajstić information content (AvgIpc) is 3.10. The van der Waals surface area contributed by atoms with Gasteiger partial charge in [0.05, 0.1) is 5.69 Å². The van der Waals surface area contributed by atoms with Crippen LogP contribution < -0.4 is 4.90 Å². The van der Waals surface area contributed by atoms with E-state index in [4.69, 9.17) is 0 Å². The lowest BCUT2D eigenvalue weighted by Crippen LogP contribution is -2.14. The molecule has 3 aromatic carbocycles. The van der Waals surface area contributed by atoms with Crippen LogP contribution in [0.2, 0.25) is 0 Å². The molecular weight excluding hydrogens is 344 g/mol. The van der Waals surface area contributed by atoms with Crippen LogP contribution >= 0.6 is 0 Å². The maximum Gasteiger partial charge on any atom is 0.159 e. The number of Topliss-reactive ketones (excluding diaryl/α,β-unsaturated/α-hetero) is 1. The van der Waals surface area contributed by atoms with Gasteiger partial charge in [0.1, 0.15) is 0 Å². The van der Waals surface area contributed by atoms with Gasteiger partial charge in [-0.2, -0.15) is 0 Å². The minimum absolute atomic E-state index is 0.0699. The highest BCUT2D eigenvalue weighted by atomic mass is 16.1. The Morgan fingerprint density at radius 3 is 2.00 bits per heavy atom. The number of aliphatic imine (C=N–C) groups is 1. The van der Waals surface area contributed by atoms with E-state index in [1.807, 2.05) is 30.5 Å². The fourth-order valence-corrected chi connectivity index (χ4v) is 3.58. The Labute approximate surface area is 166 Å². The number of ketones is 1. The van der Waals surface area contributed by atoms with E-state index < -0.39 is 0 Å². The van der Waals surface area contributed by atoms with Gasteiger partial charge in [-0.1, -0.05) is 24.3 Å². The first-order chi connectivity index (χ1) is 13.5. The van der Waals surface area contributed by atoms with E-state index in [2.05, 4.69) is 60.1 Å². The van der Waals surface area contributed by atoms with Crippen LogP contribution in [0.1, 0.15) is 45.1 Å². The summed E-state index contributed by atoms with van der Waals surface area (Å²) in [6.07, 6.45) is 1.86. The molecule has 0 radical (unpaired) electrons. The van der Waals surface area contributed by atoms with E-state index in [0.717, 1.165) is 24.3 Å². The van der Waals surface area contributed by atoms with Gasteiger partial charge >= 0.3 is 0 Å². The van der Waals surface area contributed by atoms with Crippen LogP contribution in [0.4, 0.5) is 11.4 Å². The lowest BCUT2D eigenvalue weighted by molar-refractivity contribution is 0.101. The van der Waals surface area contributed by atoms with E-state index in [-0.39, 0.29) is 5.78 Å². The van der Waals surface area contributed by atoms with Crippen LogP contribution in [0.5, 0.6) is 0 Å². The molecule has 1 heterocycles. The van der Waals surface area contributed by atoms with Crippen molar-refractivity contribution in [2.75, 3.05) is 4.90 Å². The van der Waals surface area contributed by atoms with E-state index in [1.54, 1.807) is 6.92 Å². The average molecular weight is 368 g/mol. The Kier molecular flexibility index (Phi) is 4.82. The molecule has 0 atom stereocenters. The van der Waals surface area contributed by atoms with Crippen molar-refractivity contribution < 1.29 is 4.79 Å². The predicted molar refractivity (Wildman–Crippen MR) is 116 cm³/mol. The summed E-state index contributed by atoms with van der Waals surface area (Å²) in [5, 5.41) is 0. The molecule has 3 aromatic rings. The van der Waals surface area contributed by atoms with Gasteiger partial charge in [-0.05, 0) is 85.0 Å². The Morgan fingerprint density at radius 1 is 0.893 bits per heavy atom. The van der Waals surface area contributed by atoms with Gasteiger partial charge in [-0.15, -0.1) is 0 Å². The third kappa shape index (κ3) is 3.74. The number of fused-ring (bicyclic) bond motifs is 1. The molecule has 0 saturated heterocycles. The first kappa shape index (κ1) is 18.2. The second kappa shape index (κ2) is 7.43. The SMILES string of the molecule is CC(=O)c1ccc(N=Cc2ccc(N3Cc4cc(C)c(C)cc4C3)cc2)cc1. The van der Waals surface area contributed by atoms with Crippen molar-refractivity contribution in [2.24, 2.45) is 4.99 Å². The minimum Gasteiger partial charge on any atom is -0.363 e. The Morgan fingerprint density at radius 2 is 1.46 bits per heavy atom. The topological polar surface area (TPSA) is 32.7 Å². The lowest BCUT2D eigenvalue weighted by atomic mass is 10.0. The fourth-order valence-electron chi connectivity index (χ4n) is 3.58. The summed E-state index contributed by atoms with van der Waals surface area (Å²) in [5.74, 6) is 0.0699. The van der Waals surface area contributed by atoms with Crippen LogP contribution in [0.3, 0.4) is 0 Å². The molecule has 0 unspecified atom stereocenters. The molecular formula is C25H24N2O. The molecule has 0 aliphatic carbocycles. The van der Waals surface area contributed by atoms with Gasteiger partial charge < -0.3 is 4.90 Å². The standard InChI is InChI=1S/C25H24N2O/c1-17-12-22-15-27(16-23(22)13-18(17)2)25-10-4-20(5-11-25)14-26-24-8-6-21(7-9-24)19(3)28/h4-14H,15-16H2,1-3H3. The van der Waals surface area contributed by atoms with Crippen LogP contribution in [-0.2, 0) is 13.1 Å². The summed E-state index contributed by atoms with van der Waals surface area (Å²) in [4.78, 5) is 18.3. The van der Waals surface area contributed by atoms with Crippen molar-refractivity contribution >= 4 is 23.4 Å². The molecule has 0 saturated carbocycles. The van der Waals surface area contributed by atoms with Crippen molar-refractivity contribution in [3.63, 3.8) is 0 Å². The van der Waals surface area contributed by atoms with Gasteiger partial charge in [-0.3, -0.25) is 9.79 Å². The number of carbonyl (C=O) groups is 1. The van der Waals surface area contributed by atoms with Crippen molar-refractivity contribution in [3.8, 4) is 0 Å². The summed E-state index contributed by atoms with van der Waals surface area (Å²) in [7, 11) is 0. The lowest BCUT2D eigenvalue weighted by Gasteiger charge is -2.17. The number of anilines is 1. The Hall–Kier alpha value is -3.20. The third-order valence-corrected chi connectivity index (χ3v) is 5.43. The van der Waals surface area contributed by atoms with E-state index in [1.165, 1.54) is 27.9 Å². The quantitative estimate of drug-likeness (QED) is 0.432. The fraction of sp³-hybridized carbons (Fsp3) is 0.200. The highest BCUT2D eigenvalue weighted by Crippen LogP contribution is 2.30. The van der Waals surface area contributed by atoms with Crippen LogP contribution in [0.25, 0.3) is 0 Å². The van der Waals surface area contributed by atoms with Gasteiger partial charge in [-0.25, -0.2) is 0 Å². The van der Waals surface area contributed by atoms with Crippen molar-refractivity contribution in [1.29, 1.82) is 0 Å². The molecule has 0 amide bonds. The van der Waals surface area contributed by atoms with E-state index >= 15 is 0 Å². The Balaban J connectivity index is 1.45.